The van der Waals surface area contributed by atoms with Gasteiger partial charge in [0.05, 0.1) is 6.23 Å². The molecule has 0 fully saturated rings. The second kappa shape index (κ2) is 8.16. The lowest BCUT2D eigenvalue weighted by molar-refractivity contribution is 0.295. The van der Waals surface area contributed by atoms with E-state index in [1.165, 1.54) is 5.19 Å². The maximum absolute atomic E-state index is 6.82. The molecule has 142 valence electrons. The van der Waals surface area contributed by atoms with E-state index in [4.69, 9.17) is 12.7 Å². The third-order valence-electron chi connectivity index (χ3n) is 3.22. The Balaban J connectivity index is 3.41. The van der Waals surface area contributed by atoms with E-state index in [9.17, 15) is 0 Å². The molecule has 1 rings (SSSR count). The Morgan fingerprint density at radius 1 is 0.760 bits per heavy atom. The van der Waals surface area contributed by atoms with Crippen LogP contribution in [0.2, 0.25) is 58.9 Å². The molecule has 0 saturated heterocycles. The second-order valence-electron chi connectivity index (χ2n) is 9.41. The van der Waals surface area contributed by atoms with Crippen molar-refractivity contribution < 1.29 is 12.7 Å². The molecule has 0 aliphatic heterocycles. The van der Waals surface area contributed by atoms with E-state index < -0.39 is 33.5 Å². The van der Waals surface area contributed by atoms with Crippen molar-refractivity contribution in [1.29, 1.82) is 0 Å². The molecule has 0 N–H and O–H groups in total. The van der Waals surface area contributed by atoms with E-state index in [-0.39, 0.29) is 0 Å². The lowest BCUT2D eigenvalue weighted by Crippen LogP contribution is -2.66. The Morgan fingerprint density at radius 2 is 1.20 bits per heavy atom. The predicted octanol–water partition coefficient (Wildman–Crippen LogP) is 5.07. The van der Waals surface area contributed by atoms with Gasteiger partial charge in [-0.1, -0.05) is 36.9 Å². The Labute approximate surface area is 159 Å². The van der Waals surface area contributed by atoms with Crippen molar-refractivity contribution in [1.82, 2.24) is 0 Å². The Morgan fingerprint density at radius 3 is 1.52 bits per heavy atom. The molecule has 0 radical (unpaired) electrons. The topological polar surface area (TPSA) is 27.7 Å². The van der Waals surface area contributed by atoms with Gasteiger partial charge in [-0.25, -0.2) is 0 Å². The van der Waals surface area contributed by atoms with Crippen molar-refractivity contribution in [3.05, 3.63) is 36.4 Å². The average Bonchev–Trinajstić information content (AvgIpc) is 2.41. The van der Waals surface area contributed by atoms with Gasteiger partial charge in [0.2, 0.25) is 0 Å². The van der Waals surface area contributed by atoms with Gasteiger partial charge in [-0.15, -0.1) is 0 Å². The molecule has 0 bridgehead atoms. The van der Waals surface area contributed by atoms with Gasteiger partial charge >= 0.3 is 8.56 Å². The highest BCUT2D eigenvalue weighted by atomic mass is 28.5. The maximum atomic E-state index is 6.82. The van der Waals surface area contributed by atoms with Gasteiger partial charge in [0, 0.05) is 0 Å². The summed E-state index contributed by atoms with van der Waals surface area (Å²) in [5.41, 5.74) is 1.11. The molecule has 0 amide bonds. The van der Waals surface area contributed by atoms with Gasteiger partial charge in [-0.3, -0.25) is 0 Å². The lowest BCUT2D eigenvalue weighted by Gasteiger charge is -2.42. The molecule has 0 spiro atoms. The van der Waals surface area contributed by atoms with Crippen molar-refractivity contribution in [2.45, 2.75) is 58.9 Å². The van der Waals surface area contributed by atoms with Crippen LogP contribution in [0.25, 0.3) is 6.08 Å². The minimum absolute atomic E-state index is 0.574. The molecule has 0 saturated carbocycles. The molecule has 1 aromatic rings. The highest BCUT2D eigenvalue weighted by Crippen LogP contribution is 2.23. The van der Waals surface area contributed by atoms with E-state index >= 15 is 0 Å². The minimum Gasteiger partial charge on any atom is -0.432 e. The van der Waals surface area contributed by atoms with Gasteiger partial charge in [-0.05, 0) is 69.7 Å². The summed E-state index contributed by atoms with van der Waals surface area (Å²) in [5, 5.41) is 1.17. The molecular weight excluding hydrogens is 377 g/mol. The minimum atomic E-state index is -2.69. The third kappa shape index (κ3) is 8.29. The van der Waals surface area contributed by atoms with Crippen LogP contribution in [0.3, 0.4) is 0 Å². The molecule has 0 atom stereocenters. The zero-order valence-electron chi connectivity index (χ0n) is 17.5. The summed E-state index contributed by atoms with van der Waals surface area (Å²) in [6.45, 7) is 23.9. The van der Waals surface area contributed by atoms with Gasteiger partial charge in [0.25, 0.3) is 0 Å². The van der Waals surface area contributed by atoms with Crippen molar-refractivity contribution >= 4 is 44.8 Å². The molecule has 0 unspecified atom stereocenters. The third-order valence-corrected chi connectivity index (χ3v) is 13.8. The Kier molecular flexibility index (Phi) is 7.42. The van der Waals surface area contributed by atoms with Crippen LogP contribution in [0.15, 0.2) is 30.8 Å². The van der Waals surface area contributed by atoms with E-state index in [2.05, 4.69) is 89.8 Å². The monoisotopic (exact) mass is 412 g/mol. The lowest BCUT2D eigenvalue weighted by atomic mass is 10.2. The van der Waals surface area contributed by atoms with Crippen molar-refractivity contribution in [2.24, 2.45) is 0 Å². The fraction of sp³-hybridized carbons (Fsp3) is 0.556. The number of rotatable bonds is 9. The Hall–Kier alpha value is -0.292. The van der Waals surface area contributed by atoms with E-state index in [1.807, 2.05) is 6.08 Å². The fourth-order valence-corrected chi connectivity index (χ4v) is 15.7. The quantitative estimate of drug-likeness (QED) is 0.530. The van der Waals surface area contributed by atoms with E-state index in [1.54, 1.807) is 0 Å². The predicted molar refractivity (Wildman–Crippen MR) is 120 cm³/mol. The first-order chi connectivity index (χ1) is 11.2. The van der Waals surface area contributed by atoms with Crippen molar-refractivity contribution in [3.8, 4) is 0 Å². The van der Waals surface area contributed by atoms with E-state index in [0.29, 0.717) is 6.23 Å². The fourth-order valence-electron chi connectivity index (χ4n) is 2.45. The molecule has 25 heavy (non-hydrogen) atoms. The van der Waals surface area contributed by atoms with Crippen LogP contribution in [-0.4, -0.2) is 39.7 Å². The van der Waals surface area contributed by atoms with Crippen LogP contribution in [0, 0.1) is 0 Å². The van der Waals surface area contributed by atoms with Crippen LogP contribution in [0.4, 0.5) is 0 Å². The number of hydrogen-bond acceptors (Lipinski definition) is 3. The summed E-state index contributed by atoms with van der Waals surface area (Å²) >= 11 is 0. The molecule has 0 aromatic heterocycles. The van der Waals surface area contributed by atoms with Gasteiger partial charge in [0.1, 0.15) is 0 Å². The molecule has 3 nitrogen and oxygen atoms in total. The summed E-state index contributed by atoms with van der Waals surface area (Å²) in [7, 11) is -8.00. The van der Waals surface area contributed by atoms with Gasteiger partial charge in [0.15, 0.2) is 25.0 Å². The summed E-state index contributed by atoms with van der Waals surface area (Å²) in [5.74, 6) is 0. The zero-order valence-corrected chi connectivity index (χ0v) is 21.5. The van der Waals surface area contributed by atoms with Crippen LogP contribution < -0.4 is 5.19 Å². The highest BCUT2D eigenvalue weighted by Gasteiger charge is 2.47. The molecular formula is C18H36O3Si4. The highest BCUT2D eigenvalue weighted by molar-refractivity contribution is 6.95. The first-order valence-corrected chi connectivity index (χ1v) is 21.2. The van der Waals surface area contributed by atoms with Crippen LogP contribution in [-0.2, 0) is 12.7 Å². The molecule has 0 aliphatic rings. The van der Waals surface area contributed by atoms with Crippen LogP contribution in [0.5, 0.6) is 0 Å². The summed E-state index contributed by atoms with van der Waals surface area (Å²) < 4.78 is 20.0. The van der Waals surface area contributed by atoms with Crippen molar-refractivity contribution in [2.75, 3.05) is 6.23 Å². The van der Waals surface area contributed by atoms with Gasteiger partial charge in [-0.2, -0.15) is 0 Å². The maximum Gasteiger partial charge on any atom is 0.377 e. The summed E-state index contributed by atoms with van der Waals surface area (Å²) in [4.78, 5) is 0. The Bertz CT molecular complexity index is 550. The molecule has 1 aromatic carbocycles. The average molecular weight is 413 g/mol. The van der Waals surface area contributed by atoms with E-state index in [0.717, 1.165) is 5.56 Å². The smallest absolute Gasteiger partial charge is 0.377 e. The van der Waals surface area contributed by atoms with Crippen LogP contribution in [0.1, 0.15) is 5.56 Å². The number of hydrogen-bond donors (Lipinski definition) is 0. The van der Waals surface area contributed by atoms with Gasteiger partial charge < -0.3 is 12.7 Å². The van der Waals surface area contributed by atoms with Crippen LogP contribution >= 0.6 is 0 Å². The largest absolute Gasteiger partial charge is 0.432 e. The zero-order chi connectivity index (χ0) is 19.5. The number of benzene rings is 1. The normalized spacial score (nSPS) is 13.8. The van der Waals surface area contributed by atoms with Crippen molar-refractivity contribution in [3.63, 3.8) is 0 Å². The first kappa shape index (κ1) is 22.7. The molecule has 0 aliphatic carbocycles. The first-order valence-electron chi connectivity index (χ1n) is 8.93. The molecule has 7 heteroatoms. The summed E-state index contributed by atoms with van der Waals surface area (Å²) in [6, 6.07) is 8.49. The standard InChI is InChI=1S/C18H36O3Si4/c1-11-17-12-14-18(15-13-17)25(20-23(5,6)7,21-24(8,9)10)16-19-22(2,3)4/h11-15H,1,16H2,2-10H3. The summed E-state index contributed by atoms with van der Waals surface area (Å²) in [6.07, 6.45) is 2.44. The SMILES string of the molecule is C=Cc1ccc([Si](CO[Si](C)(C)C)(O[Si](C)(C)C)O[Si](C)(C)C)cc1. The second-order valence-corrected chi connectivity index (χ2v) is 26.4. The molecule has 0 heterocycles.